The molecule has 1 amide bonds. The number of ether oxygens (including phenoxy) is 1. The molecule has 1 aliphatic heterocycles. The van der Waals surface area contributed by atoms with Crippen LogP contribution in [0.15, 0.2) is 18.2 Å². The number of methoxy groups -OCH3 is 1. The van der Waals surface area contributed by atoms with Crippen LogP contribution in [0.5, 0.6) is 5.75 Å². The monoisotopic (exact) mass is 293 g/mol. The predicted molar refractivity (Wildman–Crippen MR) is 77.3 cm³/mol. The third-order valence-electron chi connectivity index (χ3n) is 3.86. The van der Waals surface area contributed by atoms with E-state index in [-0.39, 0.29) is 17.2 Å². The van der Waals surface area contributed by atoms with Gasteiger partial charge in [0.15, 0.2) is 0 Å². The topological polar surface area (TPSA) is 98.7 Å². The van der Waals surface area contributed by atoms with Gasteiger partial charge in [0.1, 0.15) is 5.75 Å². The van der Waals surface area contributed by atoms with Crippen molar-refractivity contribution in [1.29, 1.82) is 0 Å². The van der Waals surface area contributed by atoms with Crippen molar-refractivity contribution in [2.45, 2.75) is 12.8 Å². The summed E-state index contributed by atoms with van der Waals surface area (Å²) < 4.78 is 5.14. The van der Waals surface area contributed by atoms with Crippen molar-refractivity contribution in [2.24, 2.45) is 11.7 Å². The van der Waals surface area contributed by atoms with Gasteiger partial charge in [-0.15, -0.1) is 0 Å². The van der Waals surface area contributed by atoms with Crippen molar-refractivity contribution in [3.05, 3.63) is 33.9 Å². The molecule has 0 spiro atoms. The molecule has 0 radical (unpaired) electrons. The van der Waals surface area contributed by atoms with Crippen LogP contribution in [-0.4, -0.2) is 42.5 Å². The van der Waals surface area contributed by atoms with Crippen molar-refractivity contribution in [3.63, 3.8) is 0 Å². The molecular weight excluding hydrogens is 274 g/mol. The molecule has 21 heavy (non-hydrogen) atoms. The predicted octanol–water partition coefficient (Wildman–Crippen LogP) is 1.41. The molecule has 7 nitrogen and oxygen atoms in total. The van der Waals surface area contributed by atoms with E-state index in [1.54, 1.807) is 4.90 Å². The Morgan fingerprint density at radius 1 is 1.48 bits per heavy atom. The maximum atomic E-state index is 12.5. The number of nitrogens with two attached hydrogens (primary N) is 1. The number of nitro benzene ring substituents is 1. The Balaban J connectivity index is 2.22. The number of carbonyl (C=O) groups excluding carboxylic acids is 1. The van der Waals surface area contributed by atoms with E-state index in [0.717, 1.165) is 12.8 Å². The number of nitrogens with zero attached hydrogens (tertiary/aromatic N) is 2. The molecule has 2 rings (SSSR count). The molecule has 0 atom stereocenters. The highest BCUT2D eigenvalue weighted by molar-refractivity contribution is 5.97. The molecule has 1 fully saturated rings. The minimum atomic E-state index is -0.517. The van der Waals surface area contributed by atoms with Crippen molar-refractivity contribution >= 4 is 11.6 Å². The molecule has 0 aromatic heterocycles. The fourth-order valence-electron chi connectivity index (χ4n) is 2.52. The van der Waals surface area contributed by atoms with E-state index in [1.165, 1.54) is 25.3 Å². The van der Waals surface area contributed by atoms with Crippen molar-refractivity contribution in [2.75, 3.05) is 26.7 Å². The highest BCUT2D eigenvalue weighted by Crippen LogP contribution is 2.27. The second kappa shape index (κ2) is 6.53. The molecule has 0 unspecified atom stereocenters. The highest BCUT2D eigenvalue weighted by Gasteiger charge is 2.26. The summed E-state index contributed by atoms with van der Waals surface area (Å²) in [6, 6.07) is 4.06. The van der Waals surface area contributed by atoms with Crippen molar-refractivity contribution in [1.82, 2.24) is 4.90 Å². The first-order valence-electron chi connectivity index (χ1n) is 6.88. The van der Waals surface area contributed by atoms with Gasteiger partial charge in [0.05, 0.1) is 17.6 Å². The lowest BCUT2D eigenvalue weighted by atomic mass is 9.96. The van der Waals surface area contributed by atoms with Crippen molar-refractivity contribution in [3.8, 4) is 5.75 Å². The molecule has 0 aliphatic carbocycles. The van der Waals surface area contributed by atoms with Gasteiger partial charge in [-0.1, -0.05) is 0 Å². The van der Waals surface area contributed by atoms with Gasteiger partial charge in [-0.05, 0) is 31.4 Å². The Bertz CT molecular complexity index is 539. The Kier molecular flexibility index (Phi) is 4.74. The molecule has 0 bridgehead atoms. The second-order valence-electron chi connectivity index (χ2n) is 5.11. The first-order chi connectivity index (χ1) is 10.1. The van der Waals surface area contributed by atoms with Gasteiger partial charge in [0, 0.05) is 25.2 Å². The zero-order valence-electron chi connectivity index (χ0n) is 11.9. The lowest BCUT2D eigenvalue weighted by Crippen LogP contribution is -2.40. The van der Waals surface area contributed by atoms with Crippen LogP contribution in [0.3, 0.4) is 0 Å². The SMILES string of the molecule is COc1ccc([N+](=O)[O-])cc1C(=O)N1CCC(CN)CC1. The maximum Gasteiger partial charge on any atom is 0.270 e. The molecule has 2 N–H and O–H groups in total. The first kappa shape index (κ1) is 15.2. The molecule has 7 heteroatoms. The number of amides is 1. The van der Waals surface area contributed by atoms with Gasteiger partial charge in [0.25, 0.3) is 11.6 Å². The number of nitro groups is 1. The third-order valence-corrected chi connectivity index (χ3v) is 3.86. The summed E-state index contributed by atoms with van der Waals surface area (Å²) in [7, 11) is 1.44. The Morgan fingerprint density at radius 2 is 2.14 bits per heavy atom. The molecule has 1 aromatic rings. The van der Waals surface area contributed by atoms with Crippen LogP contribution in [0.4, 0.5) is 5.69 Å². The standard InChI is InChI=1S/C14H19N3O4/c1-21-13-3-2-11(17(19)20)8-12(13)14(18)16-6-4-10(9-15)5-7-16/h2-3,8,10H,4-7,9,15H2,1H3. The number of benzene rings is 1. The maximum absolute atomic E-state index is 12.5. The van der Waals surface area contributed by atoms with E-state index in [2.05, 4.69) is 0 Å². The molecule has 1 saturated heterocycles. The number of piperidine rings is 1. The quantitative estimate of drug-likeness (QED) is 0.668. The summed E-state index contributed by atoms with van der Waals surface area (Å²) in [6.45, 7) is 1.86. The van der Waals surface area contributed by atoms with Crippen LogP contribution in [0.25, 0.3) is 0 Å². The Hall–Kier alpha value is -2.15. The third kappa shape index (κ3) is 3.30. The van der Waals surface area contributed by atoms with E-state index in [0.29, 0.717) is 31.3 Å². The Labute approximate surface area is 122 Å². The minimum Gasteiger partial charge on any atom is -0.496 e. The molecular formula is C14H19N3O4. The number of hydrogen-bond donors (Lipinski definition) is 1. The van der Waals surface area contributed by atoms with Crippen LogP contribution in [0.2, 0.25) is 0 Å². The van der Waals surface area contributed by atoms with Gasteiger partial charge in [-0.3, -0.25) is 14.9 Å². The summed E-state index contributed by atoms with van der Waals surface area (Å²) >= 11 is 0. The second-order valence-corrected chi connectivity index (χ2v) is 5.11. The van der Waals surface area contributed by atoms with Crippen LogP contribution < -0.4 is 10.5 Å². The summed E-state index contributed by atoms with van der Waals surface area (Å²) in [4.78, 5) is 24.6. The van der Waals surface area contributed by atoms with E-state index < -0.39 is 4.92 Å². The normalized spacial score (nSPS) is 15.8. The summed E-state index contributed by atoms with van der Waals surface area (Å²) in [5.74, 6) is 0.568. The number of hydrogen-bond acceptors (Lipinski definition) is 5. The van der Waals surface area contributed by atoms with Gasteiger partial charge in [0.2, 0.25) is 0 Å². The smallest absolute Gasteiger partial charge is 0.270 e. The van der Waals surface area contributed by atoms with Gasteiger partial charge in [-0.25, -0.2) is 0 Å². The highest BCUT2D eigenvalue weighted by atomic mass is 16.6. The van der Waals surface area contributed by atoms with Crippen molar-refractivity contribution < 1.29 is 14.5 Å². The lowest BCUT2D eigenvalue weighted by molar-refractivity contribution is -0.384. The van der Waals surface area contributed by atoms with E-state index >= 15 is 0 Å². The number of carbonyl (C=O) groups is 1. The number of likely N-dealkylation sites (tertiary alicyclic amines) is 1. The van der Waals surface area contributed by atoms with Crippen LogP contribution in [0, 0.1) is 16.0 Å². The molecule has 1 heterocycles. The zero-order valence-corrected chi connectivity index (χ0v) is 11.9. The molecule has 1 aromatic carbocycles. The largest absolute Gasteiger partial charge is 0.496 e. The van der Waals surface area contributed by atoms with E-state index in [1.807, 2.05) is 0 Å². The zero-order chi connectivity index (χ0) is 15.4. The van der Waals surface area contributed by atoms with Crippen LogP contribution in [-0.2, 0) is 0 Å². The average molecular weight is 293 g/mol. The first-order valence-corrected chi connectivity index (χ1v) is 6.88. The molecule has 1 aliphatic rings. The minimum absolute atomic E-state index is 0.115. The molecule has 114 valence electrons. The van der Waals surface area contributed by atoms with Crippen LogP contribution >= 0.6 is 0 Å². The molecule has 0 saturated carbocycles. The van der Waals surface area contributed by atoms with Crippen LogP contribution in [0.1, 0.15) is 23.2 Å². The lowest BCUT2D eigenvalue weighted by Gasteiger charge is -2.31. The van der Waals surface area contributed by atoms with E-state index in [4.69, 9.17) is 10.5 Å². The fraction of sp³-hybridized carbons (Fsp3) is 0.500. The van der Waals surface area contributed by atoms with Gasteiger partial charge >= 0.3 is 0 Å². The Morgan fingerprint density at radius 3 is 2.67 bits per heavy atom. The summed E-state index contributed by atoms with van der Waals surface area (Å²) in [5, 5.41) is 10.9. The van der Waals surface area contributed by atoms with Gasteiger partial charge < -0.3 is 15.4 Å². The summed E-state index contributed by atoms with van der Waals surface area (Å²) in [6.07, 6.45) is 1.72. The van der Waals surface area contributed by atoms with E-state index in [9.17, 15) is 14.9 Å². The summed E-state index contributed by atoms with van der Waals surface area (Å²) in [5.41, 5.74) is 5.76. The van der Waals surface area contributed by atoms with Gasteiger partial charge in [-0.2, -0.15) is 0 Å². The fourth-order valence-corrected chi connectivity index (χ4v) is 2.52. The number of rotatable bonds is 4. The number of non-ortho nitro benzene ring substituents is 1. The average Bonchev–Trinajstić information content (AvgIpc) is 2.53.